The second-order valence-corrected chi connectivity index (χ2v) is 5.18. The van der Waals surface area contributed by atoms with Gasteiger partial charge in [-0.25, -0.2) is 5.48 Å². The van der Waals surface area contributed by atoms with E-state index in [1.54, 1.807) is 5.48 Å². The Morgan fingerprint density at radius 2 is 1.96 bits per heavy atom. The van der Waals surface area contributed by atoms with Gasteiger partial charge in [0.25, 0.3) is 0 Å². The van der Waals surface area contributed by atoms with E-state index in [2.05, 4.69) is 24.0 Å². The van der Waals surface area contributed by atoms with Gasteiger partial charge in [-0.15, -0.1) is 0 Å². The lowest BCUT2D eigenvalue weighted by atomic mass is 10.0. The maximum absolute atomic E-state index is 11.9. The first kappa shape index (κ1) is 21.9. The summed E-state index contributed by atoms with van der Waals surface area (Å²) in [5, 5.41) is 11.2. The van der Waals surface area contributed by atoms with E-state index in [0.717, 1.165) is 24.8 Å². The summed E-state index contributed by atoms with van der Waals surface area (Å²) in [6.45, 7) is 8.41. The van der Waals surface area contributed by atoms with Crippen LogP contribution in [0, 0.1) is 0 Å². The molecular weight excluding hydrogens is 304 g/mol. The molecule has 0 heterocycles. The molecule has 1 aliphatic rings. The summed E-state index contributed by atoms with van der Waals surface area (Å²) in [6, 6.07) is 0. The number of carbonyl (C=O) groups excluding carboxylic acids is 2. The van der Waals surface area contributed by atoms with E-state index in [4.69, 9.17) is 5.21 Å². The number of hydroxylamine groups is 1. The Morgan fingerprint density at radius 3 is 2.67 bits per heavy atom. The number of hydrogen-bond acceptors (Lipinski definition) is 3. The topological polar surface area (TPSA) is 78.4 Å². The lowest BCUT2D eigenvalue weighted by molar-refractivity contribution is -0.129. The third-order valence-corrected chi connectivity index (χ3v) is 3.30. The maximum Gasteiger partial charge on any atom is 0.246 e. The van der Waals surface area contributed by atoms with Gasteiger partial charge in [0.1, 0.15) is 0 Å². The van der Waals surface area contributed by atoms with Crippen LogP contribution in [0.1, 0.15) is 52.4 Å². The molecule has 134 valence electrons. The highest BCUT2D eigenvalue weighted by molar-refractivity contribution is 5.93. The molecular formula is C19H30N2O3. The Bertz CT molecular complexity index is 491. The molecule has 0 fully saturated rings. The number of rotatable bonds is 9. The molecule has 1 rings (SSSR count). The monoisotopic (exact) mass is 334 g/mol. The minimum Gasteiger partial charge on any atom is -0.352 e. The van der Waals surface area contributed by atoms with Gasteiger partial charge >= 0.3 is 0 Å². The van der Waals surface area contributed by atoms with Crippen molar-refractivity contribution in [1.29, 1.82) is 0 Å². The fourth-order valence-electron chi connectivity index (χ4n) is 2.05. The number of unbranched alkanes of at least 4 members (excludes halogenated alkanes) is 2. The van der Waals surface area contributed by atoms with E-state index in [1.807, 2.05) is 32.1 Å². The summed E-state index contributed by atoms with van der Waals surface area (Å²) in [5.41, 5.74) is 3.25. The Labute approximate surface area is 145 Å². The molecule has 0 aromatic rings. The molecule has 5 nitrogen and oxygen atoms in total. The fourth-order valence-corrected chi connectivity index (χ4v) is 2.05. The predicted octanol–water partition coefficient (Wildman–Crippen LogP) is 3.58. The lowest BCUT2D eigenvalue weighted by Gasteiger charge is -2.08. The van der Waals surface area contributed by atoms with Crippen LogP contribution in [0.5, 0.6) is 0 Å². The van der Waals surface area contributed by atoms with Gasteiger partial charge < -0.3 is 5.32 Å². The quantitative estimate of drug-likeness (QED) is 0.261. The van der Waals surface area contributed by atoms with Crippen LogP contribution in [0.15, 0.2) is 48.1 Å². The molecule has 0 saturated carbocycles. The molecule has 0 aromatic carbocycles. The Morgan fingerprint density at radius 1 is 1.21 bits per heavy atom. The smallest absolute Gasteiger partial charge is 0.246 e. The minimum atomic E-state index is -0.378. The van der Waals surface area contributed by atoms with Crippen molar-refractivity contribution >= 4 is 11.8 Å². The van der Waals surface area contributed by atoms with Crippen LogP contribution in [0.3, 0.4) is 0 Å². The zero-order chi connectivity index (χ0) is 18.2. The first-order valence-corrected chi connectivity index (χ1v) is 8.54. The molecule has 2 amide bonds. The van der Waals surface area contributed by atoms with E-state index >= 15 is 0 Å². The summed E-state index contributed by atoms with van der Waals surface area (Å²) in [6.07, 6.45) is 14.1. The molecule has 0 aromatic heterocycles. The van der Waals surface area contributed by atoms with Crippen molar-refractivity contribution in [2.75, 3.05) is 6.54 Å². The van der Waals surface area contributed by atoms with Gasteiger partial charge in [-0.05, 0) is 24.8 Å². The van der Waals surface area contributed by atoms with E-state index in [0.29, 0.717) is 31.4 Å². The minimum absolute atomic E-state index is 0.125. The lowest BCUT2D eigenvalue weighted by Crippen LogP contribution is -2.26. The van der Waals surface area contributed by atoms with Crippen molar-refractivity contribution in [1.82, 2.24) is 10.8 Å². The van der Waals surface area contributed by atoms with Gasteiger partial charge in [-0.3, -0.25) is 14.8 Å². The number of amides is 2. The van der Waals surface area contributed by atoms with Crippen LogP contribution in [0.25, 0.3) is 0 Å². The zero-order valence-corrected chi connectivity index (χ0v) is 14.8. The van der Waals surface area contributed by atoms with Crippen molar-refractivity contribution in [3.8, 4) is 0 Å². The molecule has 0 radical (unpaired) electrons. The zero-order valence-electron chi connectivity index (χ0n) is 14.8. The second kappa shape index (κ2) is 14.5. The van der Waals surface area contributed by atoms with E-state index in [9.17, 15) is 9.59 Å². The van der Waals surface area contributed by atoms with Crippen molar-refractivity contribution in [3.05, 3.63) is 48.1 Å². The van der Waals surface area contributed by atoms with Crippen molar-refractivity contribution in [2.24, 2.45) is 0 Å². The van der Waals surface area contributed by atoms with E-state index < -0.39 is 0 Å². The molecule has 0 bridgehead atoms. The first-order valence-electron chi connectivity index (χ1n) is 8.54. The van der Waals surface area contributed by atoms with Crippen LogP contribution >= 0.6 is 0 Å². The molecule has 1 aliphatic carbocycles. The van der Waals surface area contributed by atoms with Crippen LogP contribution in [-0.4, -0.2) is 23.6 Å². The average molecular weight is 334 g/mol. The molecule has 24 heavy (non-hydrogen) atoms. The molecule has 0 aliphatic heterocycles. The molecule has 0 spiro atoms. The van der Waals surface area contributed by atoms with Gasteiger partial charge in [-0.2, -0.15) is 0 Å². The van der Waals surface area contributed by atoms with Gasteiger partial charge in [0.2, 0.25) is 11.8 Å². The predicted molar refractivity (Wildman–Crippen MR) is 97.5 cm³/mol. The van der Waals surface area contributed by atoms with Crippen LogP contribution in [-0.2, 0) is 9.59 Å². The highest BCUT2D eigenvalue weighted by Gasteiger charge is 2.08. The maximum atomic E-state index is 11.9. The Balaban J connectivity index is 0.00000254. The van der Waals surface area contributed by atoms with Crippen LogP contribution in [0.4, 0.5) is 0 Å². The molecule has 0 saturated heterocycles. The summed E-state index contributed by atoms with van der Waals surface area (Å²) in [5.74, 6) is -0.503. The third kappa shape index (κ3) is 10.6. The molecule has 5 heteroatoms. The molecule has 0 unspecified atom stereocenters. The van der Waals surface area contributed by atoms with Crippen LogP contribution < -0.4 is 10.8 Å². The van der Waals surface area contributed by atoms with E-state index in [-0.39, 0.29) is 11.8 Å². The number of allylic oxidation sites excluding steroid dienone is 6. The third-order valence-electron chi connectivity index (χ3n) is 3.30. The normalized spacial score (nSPS) is 12.4. The van der Waals surface area contributed by atoms with Gasteiger partial charge in [0.15, 0.2) is 0 Å². The second-order valence-electron chi connectivity index (χ2n) is 5.18. The highest BCUT2D eigenvalue weighted by atomic mass is 16.5. The Kier molecular flexibility index (Phi) is 13.2. The summed E-state index contributed by atoms with van der Waals surface area (Å²) in [4.78, 5) is 22.7. The van der Waals surface area contributed by atoms with E-state index in [1.165, 1.54) is 0 Å². The van der Waals surface area contributed by atoms with Crippen molar-refractivity contribution in [2.45, 2.75) is 52.4 Å². The first-order chi connectivity index (χ1) is 11.6. The molecule has 3 N–H and O–H groups in total. The number of nitrogens with one attached hydrogen (secondary N) is 2. The standard InChI is InChI=1S/C17H24N2O3.C2H6/c1-14(13-15-9-5-2-3-6-10-15)17(21)18-12-8-4-7-11-16(20)19-22;1-2/h2-3,5,9-10,22H,1,4,6-8,11-13H2,(H,18,21)(H,19,20);1-2H3. The van der Waals surface area contributed by atoms with Crippen molar-refractivity contribution < 1.29 is 14.8 Å². The summed E-state index contributed by atoms with van der Waals surface area (Å²) < 4.78 is 0. The highest BCUT2D eigenvalue weighted by Crippen LogP contribution is 2.14. The largest absolute Gasteiger partial charge is 0.352 e. The summed E-state index contributed by atoms with van der Waals surface area (Å²) in [7, 11) is 0. The SMILES string of the molecule is C=C(CC1=CCC=CC=C1)C(=O)NCCCCCC(=O)NO.CC. The van der Waals surface area contributed by atoms with Gasteiger partial charge in [-0.1, -0.05) is 57.2 Å². The van der Waals surface area contributed by atoms with Gasteiger partial charge in [0, 0.05) is 25.0 Å². The number of carbonyl (C=O) groups is 2. The van der Waals surface area contributed by atoms with Crippen molar-refractivity contribution in [3.63, 3.8) is 0 Å². The van der Waals surface area contributed by atoms with Crippen LogP contribution in [0.2, 0.25) is 0 Å². The average Bonchev–Trinajstić information content (AvgIpc) is 2.87. The van der Waals surface area contributed by atoms with Gasteiger partial charge in [0.05, 0.1) is 0 Å². The molecule has 0 atom stereocenters. The summed E-state index contributed by atoms with van der Waals surface area (Å²) >= 11 is 0. The number of hydrogen-bond donors (Lipinski definition) is 3. The fraction of sp³-hybridized carbons (Fsp3) is 0.474. The Hall–Kier alpha value is -2.14.